The quantitative estimate of drug-likeness (QED) is 0.651. The molecule has 0 saturated carbocycles. The highest BCUT2D eigenvalue weighted by Crippen LogP contribution is 2.26. The highest BCUT2D eigenvalue weighted by Gasteiger charge is 2.07. The van der Waals surface area contributed by atoms with Gasteiger partial charge >= 0.3 is 0 Å². The number of rotatable bonds is 7. The Balaban J connectivity index is 2.64. The highest BCUT2D eigenvalue weighted by atomic mass is 32.2. The molecule has 0 aliphatic rings. The van der Waals surface area contributed by atoms with Gasteiger partial charge in [-0.25, -0.2) is 13.1 Å². The zero-order valence-electron chi connectivity index (χ0n) is 11.4. The maximum absolute atomic E-state index is 11.3. The molecule has 0 unspecified atom stereocenters. The van der Waals surface area contributed by atoms with Crippen LogP contribution in [0.15, 0.2) is 18.2 Å². The molecule has 0 atom stereocenters. The Hall–Kier alpha value is -1.47. The third-order valence-electron chi connectivity index (χ3n) is 2.39. The van der Waals surface area contributed by atoms with Crippen LogP contribution in [0.25, 0.3) is 0 Å². The minimum Gasteiger partial charge on any atom is -0.489 e. The summed E-state index contributed by atoms with van der Waals surface area (Å²) in [6, 6.07) is 5.28. The molecule has 0 heterocycles. The fourth-order valence-electron chi connectivity index (χ4n) is 1.43. The second kappa shape index (κ2) is 6.63. The van der Waals surface area contributed by atoms with E-state index in [0.717, 1.165) is 5.69 Å². The van der Waals surface area contributed by atoms with E-state index < -0.39 is 10.0 Å². The van der Waals surface area contributed by atoms with E-state index in [0.29, 0.717) is 18.0 Å². The van der Waals surface area contributed by atoms with Crippen molar-refractivity contribution in [3.8, 4) is 5.75 Å². The van der Waals surface area contributed by atoms with E-state index in [-0.39, 0.29) is 11.9 Å². The molecule has 0 saturated heterocycles. The van der Waals surface area contributed by atoms with E-state index in [1.54, 1.807) is 18.2 Å². The van der Waals surface area contributed by atoms with Crippen molar-refractivity contribution < 1.29 is 13.2 Å². The van der Waals surface area contributed by atoms with E-state index >= 15 is 0 Å². The van der Waals surface area contributed by atoms with Gasteiger partial charge in [0.15, 0.2) is 0 Å². The number of nitrogens with one attached hydrogen (secondary N) is 2. The lowest BCUT2D eigenvalue weighted by Crippen LogP contribution is -2.26. The van der Waals surface area contributed by atoms with Crippen molar-refractivity contribution in [1.82, 2.24) is 4.72 Å². The number of hydrogen-bond acceptors (Lipinski definition) is 5. The van der Waals surface area contributed by atoms with Gasteiger partial charge in [0.2, 0.25) is 10.0 Å². The zero-order valence-corrected chi connectivity index (χ0v) is 12.3. The first kappa shape index (κ1) is 15.6. The summed E-state index contributed by atoms with van der Waals surface area (Å²) in [5.41, 5.74) is 7.13. The largest absolute Gasteiger partial charge is 0.489 e. The summed E-state index contributed by atoms with van der Waals surface area (Å²) >= 11 is 0. The molecule has 0 aliphatic carbocycles. The van der Waals surface area contributed by atoms with E-state index in [4.69, 9.17) is 10.5 Å². The van der Waals surface area contributed by atoms with Gasteiger partial charge in [0.1, 0.15) is 5.75 Å². The molecule has 0 bridgehead atoms. The Kier molecular flexibility index (Phi) is 5.44. The number of ether oxygens (including phenoxy) is 1. The van der Waals surface area contributed by atoms with Crippen molar-refractivity contribution in [2.24, 2.45) is 0 Å². The standard InChI is InChI=1S/C12H21N3O3S/c1-9(2)18-12-8-10(4-5-11(12)13)15-6-7-19(16,17)14-3/h4-5,8-9,14-15H,6-7,13H2,1-3H3. The first-order valence-corrected chi connectivity index (χ1v) is 7.70. The summed E-state index contributed by atoms with van der Waals surface area (Å²) in [5, 5.41) is 3.02. The summed E-state index contributed by atoms with van der Waals surface area (Å²) in [6.45, 7) is 4.15. The number of hydrogen-bond donors (Lipinski definition) is 3. The minimum atomic E-state index is -3.20. The molecular weight excluding hydrogens is 266 g/mol. The van der Waals surface area contributed by atoms with E-state index in [9.17, 15) is 8.42 Å². The Labute approximate surface area is 114 Å². The Morgan fingerprint density at radius 1 is 1.37 bits per heavy atom. The van der Waals surface area contributed by atoms with Gasteiger partial charge in [-0.1, -0.05) is 0 Å². The van der Waals surface area contributed by atoms with Crippen LogP contribution in [0.5, 0.6) is 5.75 Å². The lowest BCUT2D eigenvalue weighted by molar-refractivity contribution is 0.244. The smallest absolute Gasteiger partial charge is 0.213 e. The van der Waals surface area contributed by atoms with Gasteiger partial charge in [0.05, 0.1) is 17.5 Å². The van der Waals surface area contributed by atoms with Gasteiger partial charge in [-0.2, -0.15) is 0 Å². The number of benzene rings is 1. The fraction of sp³-hybridized carbons (Fsp3) is 0.500. The van der Waals surface area contributed by atoms with Crippen LogP contribution in [0.4, 0.5) is 11.4 Å². The average molecular weight is 287 g/mol. The normalized spacial score (nSPS) is 11.6. The summed E-state index contributed by atoms with van der Waals surface area (Å²) in [7, 11) is -1.80. The van der Waals surface area contributed by atoms with E-state index in [2.05, 4.69) is 10.0 Å². The molecule has 6 nitrogen and oxygen atoms in total. The molecule has 7 heteroatoms. The molecule has 1 rings (SSSR count). The molecule has 0 amide bonds. The van der Waals surface area contributed by atoms with Gasteiger partial charge in [-0.3, -0.25) is 0 Å². The summed E-state index contributed by atoms with van der Waals surface area (Å²) < 4.78 is 30.3. The second-order valence-electron chi connectivity index (χ2n) is 4.37. The third-order valence-corrected chi connectivity index (χ3v) is 3.75. The van der Waals surface area contributed by atoms with Crippen LogP contribution in [0.1, 0.15) is 13.8 Å². The Morgan fingerprint density at radius 2 is 2.05 bits per heavy atom. The van der Waals surface area contributed by atoms with E-state index in [1.165, 1.54) is 7.05 Å². The molecule has 1 aromatic rings. The van der Waals surface area contributed by atoms with E-state index in [1.807, 2.05) is 13.8 Å². The lowest BCUT2D eigenvalue weighted by Gasteiger charge is -2.14. The van der Waals surface area contributed by atoms with Crippen molar-refractivity contribution in [1.29, 1.82) is 0 Å². The average Bonchev–Trinajstić information content (AvgIpc) is 2.32. The van der Waals surface area contributed by atoms with Crippen LogP contribution in [0.2, 0.25) is 0 Å². The molecule has 4 N–H and O–H groups in total. The van der Waals surface area contributed by atoms with Crippen LogP contribution in [0.3, 0.4) is 0 Å². The van der Waals surface area contributed by atoms with Crippen LogP contribution in [0, 0.1) is 0 Å². The maximum atomic E-state index is 11.3. The van der Waals surface area contributed by atoms with Gasteiger partial charge in [-0.05, 0) is 33.0 Å². The molecule has 19 heavy (non-hydrogen) atoms. The van der Waals surface area contributed by atoms with Crippen LogP contribution in [-0.2, 0) is 10.0 Å². The topological polar surface area (TPSA) is 93.5 Å². The molecule has 0 spiro atoms. The first-order valence-electron chi connectivity index (χ1n) is 6.05. The molecule has 1 aromatic carbocycles. The number of sulfonamides is 1. The number of anilines is 2. The van der Waals surface area contributed by atoms with Crippen molar-refractivity contribution in [3.05, 3.63) is 18.2 Å². The number of nitrogen functional groups attached to an aromatic ring is 1. The second-order valence-corrected chi connectivity index (χ2v) is 6.41. The summed E-state index contributed by atoms with van der Waals surface area (Å²) in [5.74, 6) is 0.602. The molecule has 0 fully saturated rings. The number of nitrogens with two attached hydrogens (primary N) is 1. The molecule has 0 aromatic heterocycles. The zero-order chi connectivity index (χ0) is 14.5. The third kappa shape index (κ3) is 5.35. The predicted molar refractivity (Wildman–Crippen MR) is 78.0 cm³/mol. The van der Waals surface area contributed by atoms with Crippen LogP contribution in [-0.4, -0.2) is 33.9 Å². The van der Waals surface area contributed by atoms with Gasteiger partial charge in [0, 0.05) is 18.3 Å². The van der Waals surface area contributed by atoms with Crippen LogP contribution >= 0.6 is 0 Å². The Morgan fingerprint density at radius 3 is 2.63 bits per heavy atom. The summed E-state index contributed by atoms with van der Waals surface area (Å²) in [4.78, 5) is 0. The lowest BCUT2D eigenvalue weighted by atomic mass is 10.2. The maximum Gasteiger partial charge on any atom is 0.213 e. The molecule has 108 valence electrons. The molecular formula is C12H21N3O3S. The predicted octanol–water partition coefficient (Wildman–Crippen LogP) is 1.02. The molecule has 0 aliphatic heterocycles. The summed E-state index contributed by atoms with van der Waals surface area (Å²) in [6.07, 6.45) is 0.0298. The van der Waals surface area contributed by atoms with Crippen molar-refractivity contribution in [2.75, 3.05) is 30.4 Å². The highest BCUT2D eigenvalue weighted by molar-refractivity contribution is 7.89. The Bertz CT molecular complexity index is 515. The van der Waals surface area contributed by atoms with Crippen molar-refractivity contribution >= 4 is 21.4 Å². The van der Waals surface area contributed by atoms with Gasteiger partial charge in [-0.15, -0.1) is 0 Å². The fourth-order valence-corrected chi connectivity index (χ4v) is 2.01. The van der Waals surface area contributed by atoms with Crippen molar-refractivity contribution in [2.45, 2.75) is 20.0 Å². The monoisotopic (exact) mass is 287 g/mol. The first-order chi connectivity index (χ1) is 8.84. The molecule has 0 radical (unpaired) electrons. The van der Waals surface area contributed by atoms with Crippen molar-refractivity contribution in [3.63, 3.8) is 0 Å². The van der Waals surface area contributed by atoms with Crippen LogP contribution < -0.4 is 20.5 Å². The van der Waals surface area contributed by atoms with Gasteiger partial charge < -0.3 is 15.8 Å². The minimum absolute atomic E-state index is 0.00818. The SMILES string of the molecule is CNS(=O)(=O)CCNc1ccc(N)c(OC(C)C)c1. The van der Waals surface area contributed by atoms with Gasteiger partial charge in [0.25, 0.3) is 0 Å².